The number of anilines is 1. The number of likely N-dealkylation sites (tertiary alicyclic amines) is 1. The van der Waals surface area contributed by atoms with Crippen LogP contribution in [0.15, 0.2) is 54.9 Å². The Labute approximate surface area is 140 Å². The number of pyridine rings is 1. The quantitative estimate of drug-likeness (QED) is 0.881. The number of amides is 2. The van der Waals surface area contributed by atoms with E-state index in [1.165, 1.54) is 0 Å². The lowest BCUT2D eigenvalue weighted by atomic mass is 10.1. The van der Waals surface area contributed by atoms with Crippen LogP contribution in [0.4, 0.5) is 5.69 Å². The molecule has 0 radical (unpaired) electrons. The van der Waals surface area contributed by atoms with Gasteiger partial charge in [0.05, 0.1) is 24.3 Å². The molecule has 0 bridgehead atoms. The summed E-state index contributed by atoms with van der Waals surface area (Å²) in [5, 5.41) is 2.80. The van der Waals surface area contributed by atoms with Crippen LogP contribution in [0.3, 0.4) is 0 Å². The molecule has 0 spiro atoms. The maximum absolute atomic E-state index is 12.3. The van der Waals surface area contributed by atoms with Gasteiger partial charge in [-0.15, -0.1) is 0 Å². The van der Waals surface area contributed by atoms with Gasteiger partial charge >= 0.3 is 0 Å². The summed E-state index contributed by atoms with van der Waals surface area (Å²) < 4.78 is 5.60. The standard InChI is InChI=1S/C18H19N3O3/c22-17-11-14(18(23)20-15-5-4-8-19-12-15)13-21(17)9-10-24-16-6-2-1-3-7-16/h1-8,12,14H,9-11,13H2,(H,20,23)/t14-/m1/s1. The Kier molecular flexibility index (Phi) is 5.05. The molecule has 124 valence electrons. The summed E-state index contributed by atoms with van der Waals surface area (Å²) >= 11 is 0. The predicted octanol–water partition coefficient (Wildman–Crippen LogP) is 1.95. The molecule has 2 amide bonds. The largest absolute Gasteiger partial charge is 0.492 e. The maximum Gasteiger partial charge on any atom is 0.229 e. The van der Waals surface area contributed by atoms with Crippen molar-refractivity contribution in [3.63, 3.8) is 0 Å². The number of para-hydroxylation sites is 1. The summed E-state index contributed by atoms with van der Waals surface area (Å²) in [6, 6.07) is 13.0. The lowest BCUT2D eigenvalue weighted by Gasteiger charge is -2.17. The van der Waals surface area contributed by atoms with Gasteiger partial charge in [-0.3, -0.25) is 14.6 Å². The van der Waals surface area contributed by atoms with Crippen LogP contribution in [0.1, 0.15) is 6.42 Å². The highest BCUT2D eigenvalue weighted by Crippen LogP contribution is 2.19. The Bertz CT molecular complexity index is 691. The highest BCUT2D eigenvalue weighted by atomic mass is 16.5. The lowest BCUT2D eigenvalue weighted by Crippen LogP contribution is -2.31. The molecule has 1 aliphatic rings. The highest BCUT2D eigenvalue weighted by molar-refractivity contribution is 5.97. The van der Waals surface area contributed by atoms with Crippen molar-refractivity contribution in [2.75, 3.05) is 25.0 Å². The Morgan fingerprint density at radius 3 is 2.83 bits per heavy atom. The molecule has 6 heteroatoms. The molecular weight excluding hydrogens is 306 g/mol. The third-order valence-corrected chi connectivity index (χ3v) is 3.89. The van der Waals surface area contributed by atoms with Gasteiger partial charge in [0, 0.05) is 19.2 Å². The Morgan fingerprint density at radius 1 is 1.25 bits per heavy atom. The fourth-order valence-electron chi connectivity index (χ4n) is 2.64. The van der Waals surface area contributed by atoms with Crippen LogP contribution in [0.2, 0.25) is 0 Å². The van der Waals surface area contributed by atoms with E-state index in [-0.39, 0.29) is 24.2 Å². The molecule has 0 unspecified atom stereocenters. The summed E-state index contributed by atoms with van der Waals surface area (Å²) in [6.07, 6.45) is 3.46. The smallest absolute Gasteiger partial charge is 0.229 e. The van der Waals surface area contributed by atoms with Crippen LogP contribution in [-0.4, -0.2) is 41.4 Å². The number of hydrogen-bond donors (Lipinski definition) is 1. The third-order valence-electron chi connectivity index (χ3n) is 3.89. The van der Waals surface area contributed by atoms with Gasteiger partial charge in [0.15, 0.2) is 0 Å². The van der Waals surface area contributed by atoms with Crippen LogP contribution >= 0.6 is 0 Å². The second kappa shape index (κ2) is 7.59. The van der Waals surface area contributed by atoms with Crippen LogP contribution in [0, 0.1) is 5.92 Å². The van der Waals surface area contributed by atoms with E-state index in [0.29, 0.717) is 25.4 Å². The van der Waals surface area contributed by atoms with Crippen LogP contribution < -0.4 is 10.1 Å². The Morgan fingerprint density at radius 2 is 2.08 bits per heavy atom. The number of nitrogens with zero attached hydrogens (tertiary/aromatic N) is 2. The third kappa shape index (κ3) is 4.10. The van der Waals surface area contributed by atoms with Crippen LogP contribution in [-0.2, 0) is 9.59 Å². The van der Waals surface area contributed by atoms with Gasteiger partial charge in [-0.05, 0) is 24.3 Å². The topological polar surface area (TPSA) is 71.5 Å². The molecule has 6 nitrogen and oxygen atoms in total. The van der Waals surface area contributed by atoms with Crippen molar-refractivity contribution in [3.8, 4) is 5.75 Å². The number of nitrogens with one attached hydrogen (secondary N) is 1. The van der Waals surface area contributed by atoms with Crippen molar-refractivity contribution >= 4 is 17.5 Å². The monoisotopic (exact) mass is 325 g/mol. The molecule has 1 aromatic carbocycles. The summed E-state index contributed by atoms with van der Waals surface area (Å²) in [7, 11) is 0. The van der Waals surface area contributed by atoms with E-state index in [1.54, 1.807) is 29.4 Å². The molecule has 0 saturated carbocycles. The van der Waals surface area contributed by atoms with Crippen molar-refractivity contribution in [1.29, 1.82) is 0 Å². The van der Waals surface area contributed by atoms with E-state index in [9.17, 15) is 9.59 Å². The zero-order chi connectivity index (χ0) is 16.8. The number of aromatic nitrogens is 1. The Balaban J connectivity index is 1.47. The molecule has 1 saturated heterocycles. The number of hydrogen-bond acceptors (Lipinski definition) is 4. The second-order valence-electron chi connectivity index (χ2n) is 5.63. The Hall–Kier alpha value is -2.89. The molecule has 1 aliphatic heterocycles. The number of carbonyl (C=O) groups is 2. The van der Waals surface area contributed by atoms with E-state index in [1.807, 2.05) is 30.3 Å². The minimum atomic E-state index is -0.338. The molecule has 1 N–H and O–H groups in total. The zero-order valence-electron chi connectivity index (χ0n) is 13.2. The molecule has 1 atom stereocenters. The average Bonchev–Trinajstić information content (AvgIpc) is 2.98. The highest BCUT2D eigenvalue weighted by Gasteiger charge is 2.34. The van der Waals surface area contributed by atoms with E-state index >= 15 is 0 Å². The fourth-order valence-corrected chi connectivity index (χ4v) is 2.64. The SMILES string of the molecule is O=C(Nc1cccnc1)[C@@H]1CC(=O)N(CCOc2ccccc2)C1. The first-order valence-corrected chi connectivity index (χ1v) is 7.89. The summed E-state index contributed by atoms with van der Waals surface area (Å²) in [6.45, 7) is 1.31. The number of benzene rings is 1. The fraction of sp³-hybridized carbons (Fsp3) is 0.278. The number of rotatable bonds is 6. The molecule has 1 fully saturated rings. The van der Waals surface area contributed by atoms with Gasteiger partial charge < -0.3 is 15.0 Å². The van der Waals surface area contributed by atoms with Gasteiger partial charge in [-0.25, -0.2) is 0 Å². The first kappa shape index (κ1) is 16.0. The average molecular weight is 325 g/mol. The second-order valence-corrected chi connectivity index (χ2v) is 5.63. The first-order valence-electron chi connectivity index (χ1n) is 7.89. The van der Waals surface area contributed by atoms with Gasteiger partial charge in [0.25, 0.3) is 0 Å². The predicted molar refractivity (Wildman–Crippen MR) is 89.5 cm³/mol. The maximum atomic E-state index is 12.3. The summed E-state index contributed by atoms with van der Waals surface area (Å²) in [5.41, 5.74) is 0.640. The molecule has 2 heterocycles. The van der Waals surface area contributed by atoms with Gasteiger partial charge in [0.2, 0.25) is 11.8 Å². The molecule has 3 rings (SSSR count). The van der Waals surface area contributed by atoms with Crippen molar-refractivity contribution < 1.29 is 14.3 Å². The van der Waals surface area contributed by atoms with Crippen molar-refractivity contribution in [1.82, 2.24) is 9.88 Å². The van der Waals surface area contributed by atoms with Gasteiger partial charge in [-0.1, -0.05) is 18.2 Å². The zero-order valence-corrected chi connectivity index (χ0v) is 13.2. The van der Waals surface area contributed by atoms with Crippen molar-refractivity contribution in [2.24, 2.45) is 5.92 Å². The minimum Gasteiger partial charge on any atom is -0.492 e. The van der Waals surface area contributed by atoms with E-state index in [2.05, 4.69) is 10.3 Å². The van der Waals surface area contributed by atoms with E-state index in [4.69, 9.17) is 4.74 Å². The van der Waals surface area contributed by atoms with Gasteiger partial charge in [-0.2, -0.15) is 0 Å². The van der Waals surface area contributed by atoms with E-state index in [0.717, 1.165) is 5.75 Å². The number of ether oxygens (including phenoxy) is 1. The van der Waals surface area contributed by atoms with E-state index < -0.39 is 0 Å². The molecule has 2 aromatic rings. The molecule has 24 heavy (non-hydrogen) atoms. The number of carbonyl (C=O) groups excluding carboxylic acids is 2. The van der Waals surface area contributed by atoms with Crippen LogP contribution in [0.5, 0.6) is 5.75 Å². The van der Waals surface area contributed by atoms with Crippen molar-refractivity contribution in [3.05, 3.63) is 54.9 Å². The van der Waals surface area contributed by atoms with Crippen LogP contribution in [0.25, 0.3) is 0 Å². The summed E-state index contributed by atoms with van der Waals surface area (Å²) in [4.78, 5) is 29.9. The molecule has 0 aliphatic carbocycles. The van der Waals surface area contributed by atoms with Gasteiger partial charge in [0.1, 0.15) is 12.4 Å². The lowest BCUT2D eigenvalue weighted by molar-refractivity contribution is -0.128. The summed E-state index contributed by atoms with van der Waals surface area (Å²) in [5.74, 6) is 0.269. The minimum absolute atomic E-state index is 0.0157. The first-order chi connectivity index (χ1) is 11.7. The normalized spacial score (nSPS) is 16.9. The molecular formula is C18H19N3O3. The van der Waals surface area contributed by atoms with Crippen molar-refractivity contribution in [2.45, 2.75) is 6.42 Å². The molecule has 1 aromatic heterocycles.